The Kier molecular flexibility index (Phi) is 7.49. The van der Waals surface area contributed by atoms with Crippen LogP contribution in [0.25, 0.3) is 0 Å². The van der Waals surface area contributed by atoms with Crippen molar-refractivity contribution in [3.05, 3.63) is 0 Å². The Morgan fingerprint density at radius 3 is 1.54 bits per heavy atom. The first-order valence-electron chi connectivity index (χ1n) is 4.26. The Morgan fingerprint density at radius 1 is 1.15 bits per heavy atom. The molecule has 0 aliphatic rings. The maximum absolute atomic E-state index is 8.74. The maximum atomic E-state index is 8.74. The van der Waals surface area contributed by atoms with Crippen molar-refractivity contribution in [1.82, 2.24) is 0 Å². The van der Waals surface area contributed by atoms with Crippen LogP contribution < -0.4 is 0 Å². The fraction of sp³-hybridized carbons (Fsp3) is 1.00. The summed E-state index contributed by atoms with van der Waals surface area (Å²) in [7, 11) is -4.67. The monoisotopic (exact) mass is 212 g/mol. The quantitative estimate of drug-likeness (QED) is 0.690. The second kappa shape index (κ2) is 6.34. The van der Waals surface area contributed by atoms with Crippen molar-refractivity contribution in [2.45, 2.75) is 47.0 Å². The molecule has 0 aromatic heterocycles. The van der Waals surface area contributed by atoms with Crippen LogP contribution in [0.4, 0.5) is 0 Å². The SMILES string of the molecule is CCCCC(C)(C)C.O=S(=O)(O)O. The molecule has 0 unspecified atom stereocenters. The lowest BCUT2D eigenvalue weighted by molar-refractivity contribution is 0.363. The molecule has 0 aromatic rings. The molecule has 0 saturated carbocycles. The summed E-state index contributed by atoms with van der Waals surface area (Å²) in [5.41, 5.74) is 0.552. The summed E-state index contributed by atoms with van der Waals surface area (Å²) >= 11 is 0. The Labute approximate surface area is 80.9 Å². The molecule has 5 heteroatoms. The zero-order valence-electron chi connectivity index (χ0n) is 8.74. The zero-order chi connectivity index (χ0) is 11.1. The molecule has 0 fully saturated rings. The molecule has 0 saturated heterocycles. The number of hydrogen-bond acceptors (Lipinski definition) is 2. The summed E-state index contributed by atoms with van der Waals surface area (Å²) in [4.78, 5) is 0. The van der Waals surface area contributed by atoms with Crippen molar-refractivity contribution in [2.24, 2.45) is 5.41 Å². The normalized spacial score (nSPS) is 11.8. The van der Waals surface area contributed by atoms with Gasteiger partial charge in [-0.1, -0.05) is 40.5 Å². The van der Waals surface area contributed by atoms with Crippen LogP contribution in [-0.4, -0.2) is 17.5 Å². The van der Waals surface area contributed by atoms with E-state index in [1.54, 1.807) is 0 Å². The molecule has 0 radical (unpaired) electrons. The molecule has 0 bridgehead atoms. The predicted molar refractivity (Wildman–Crippen MR) is 53.2 cm³/mol. The van der Waals surface area contributed by atoms with Crippen molar-refractivity contribution in [2.75, 3.05) is 0 Å². The maximum Gasteiger partial charge on any atom is 0.394 e. The van der Waals surface area contributed by atoms with E-state index in [1.807, 2.05) is 0 Å². The van der Waals surface area contributed by atoms with E-state index >= 15 is 0 Å². The summed E-state index contributed by atoms with van der Waals surface area (Å²) < 4.78 is 31.6. The fourth-order valence-corrected chi connectivity index (χ4v) is 0.707. The van der Waals surface area contributed by atoms with Crippen molar-refractivity contribution in [3.63, 3.8) is 0 Å². The number of rotatable bonds is 2. The molecular formula is C8H20O4S. The van der Waals surface area contributed by atoms with Crippen LogP contribution in [0.1, 0.15) is 47.0 Å². The fourth-order valence-electron chi connectivity index (χ4n) is 0.707. The molecule has 13 heavy (non-hydrogen) atoms. The average Bonchev–Trinajstić information content (AvgIpc) is 1.77. The van der Waals surface area contributed by atoms with Gasteiger partial charge in [0.05, 0.1) is 0 Å². The second-order valence-electron chi connectivity index (χ2n) is 4.11. The molecule has 82 valence electrons. The molecule has 0 heterocycles. The van der Waals surface area contributed by atoms with E-state index in [9.17, 15) is 0 Å². The van der Waals surface area contributed by atoms with Gasteiger partial charge in [0.25, 0.3) is 0 Å². The molecule has 0 aliphatic carbocycles. The van der Waals surface area contributed by atoms with Gasteiger partial charge >= 0.3 is 10.4 Å². The van der Waals surface area contributed by atoms with Gasteiger partial charge in [-0.25, -0.2) is 0 Å². The minimum Gasteiger partial charge on any atom is -0.264 e. The van der Waals surface area contributed by atoms with Crippen LogP contribution in [0, 0.1) is 5.41 Å². The summed E-state index contributed by atoms with van der Waals surface area (Å²) in [6, 6.07) is 0. The Morgan fingerprint density at radius 2 is 1.46 bits per heavy atom. The zero-order valence-corrected chi connectivity index (χ0v) is 9.56. The van der Waals surface area contributed by atoms with E-state index in [2.05, 4.69) is 27.7 Å². The van der Waals surface area contributed by atoms with E-state index in [-0.39, 0.29) is 0 Å². The Bertz CT molecular complexity index is 193. The molecule has 0 atom stereocenters. The van der Waals surface area contributed by atoms with Gasteiger partial charge in [0.1, 0.15) is 0 Å². The first-order chi connectivity index (χ1) is 5.56. The van der Waals surface area contributed by atoms with Crippen LogP contribution in [0.5, 0.6) is 0 Å². The summed E-state index contributed by atoms with van der Waals surface area (Å²) in [6.45, 7) is 9.12. The highest BCUT2D eigenvalue weighted by Crippen LogP contribution is 2.20. The van der Waals surface area contributed by atoms with Crippen LogP contribution in [0.3, 0.4) is 0 Å². The highest BCUT2D eigenvalue weighted by molar-refractivity contribution is 7.79. The first-order valence-corrected chi connectivity index (χ1v) is 5.66. The Hall–Kier alpha value is -0.130. The molecule has 0 rings (SSSR count). The first kappa shape index (κ1) is 15.3. The molecular weight excluding hydrogens is 192 g/mol. The molecule has 0 amide bonds. The molecule has 4 nitrogen and oxygen atoms in total. The lowest BCUT2D eigenvalue weighted by atomic mass is 9.90. The third kappa shape index (κ3) is 48.8. The van der Waals surface area contributed by atoms with E-state index in [0.717, 1.165) is 0 Å². The van der Waals surface area contributed by atoms with Gasteiger partial charge in [-0.15, -0.1) is 0 Å². The molecule has 0 spiro atoms. The van der Waals surface area contributed by atoms with E-state index in [0.29, 0.717) is 5.41 Å². The van der Waals surface area contributed by atoms with Gasteiger partial charge in [-0.3, -0.25) is 9.11 Å². The van der Waals surface area contributed by atoms with Crippen molar-refractivity contribution in [3.8, 4) is 0 Å². The largest absolute Gasteiger partial charge is 0.394 e. The highest BCUT2D eigenvalue weighted by atomic mass is 32.3. The lowest BCUT2D eigenvalue weighted by Crippen LogP contribution is -2.03. The Balaban J connectivity index is 0. The topological polar surface area (TPSA) is 74.6 Å². The second-order valence-corrected chi connectivity index (χ2v) is 5.01. The molecule has 0 aliphatic heterocycles. The van der Waals surface area contributed by atoms with Gasteiger partial charge in [0.15, 0.2) is 0 Å². The van der Waals surface area contributed by atoms with Crippen LogP contribution in [0.2, 0.25) is 0 Å². The van der Waals surface area contributed by atoms with E-state index in [4.69, 9.17) is 17.5 Å². The van der Waals surface area contributed by atoms with Gasteiger partial charge in [0.2, 0.25) is 0 Å². The molecule has 0 aromatic carbocycles. The van der Waals surface area contributed by atoms with Crippen molar-refractivity contribution >= 4 is 10.4 Å². The van der Waals surface area contributed by atoms with Crippen molar-refractivity contribution in [1.29, 1.82) is 0 Å². The van der Waals surface area contributed by atoms with Gasteiger partial charge in [-0.2, -0.15) is 8.42 Å². The summed E-state index contributed by atoms with van der Waals surface area (Å²) in [6.07, 6.45) is 4.07. The van der Waals surface area contributed by atoms with Gasteiger partial charge < -0.3 is 0 Å². The molecule has 2 N–H and O–H groups in total. The van der Waals surface area contributed by atoms with Gasteiger partial charge in [-0.05, 0) is 11.8 Å². The number of hydrogen-bond donors (Lipinski definition) is 2. The third-order valence-electron chi connectivity index (χ3n) is 1.28. The summed E-state index contributed by atoms with van der Waals surface area (Å²) in [5, 5.41) is 0. The van der Waals surface area contributed by atoms with Gasteiger partial charge in [0, 0.05) is 0 Å². The van der Waals surface area contributed by atoms with Crippen molar-refractivity contribution < 1.29 is 17.5 Å². The third-order valence-corrected chi connectivity index (χ3v) is 1.28. The van der Waals surface area contributed by atoms with Crippen LogP contribution in [-0.2, 0) is 10.4 Å². The van der Waals surface area contributed by atoms with E-state index in [1.165, 1.54) is 19.3 Å². The summed E-state index contributed by atoms with van der Waals surface area (Å²) in [5.74, 6) is 0. The van der Waals surface area contributed by atoms with Crippen LogP contribution in [0.15, 0.2) is 0 Å². The minimum atomic E-state index is -4.67. The van der Waals surface area contributed by atoms with Crippen LogP contribution >= 0.6 is 0 Å². The standard InChI is InChI=1S/C8H18.H2O4S/c1-5-6-7-8(2,3)4;1-5(2,3)4/h5-7H2,1-4H3;(H2,1,2,3,4). The predicted octanol–water partition coefficient (Wildman–Crippen LogP) is 2.57. The smallest absolute Gasteiger partial charge is 0.264 e. The lowest BCUT2D eigenvalue weighted by Gasteiger charge is -2.16. The number of unbranched alkanes of at least 4 members (excludes halogenated alkanes) is 1. The minimum absolute atomic E-state index is 0.552. The average molecular weight is 212 g/mol. The van der Waals surface area contributed by atoms with E-state index < -0.39 is 10.4 Å². The highest BCUT2D eigenvalue weighted by Gasteiger charge is 2.07.